The minimum Gasteiger partial charge on any atom is -0.476 e. The molecular weight excluding hydrogens is 268 g/mol. The Morgan fingerprint density at radius 1 is 1.53 bits per heavy atom. The molecule has 0 aromatic carbocycles. The zero-order valence-electron chi connectivity index (χ0n) is 11.4. The quantitative estimate of drug-likeness (QED) is 0.862. The normalized spacial score (nSPS) is 13.1. The maximum atomic E-state index is 11.6. The number of carboxylic acids is 1. The Bertz CT molecular complexity index is 465. The van der Waals surface area contributed by atoms with Gasteiger partial charge in [-0.2, -0.15) is 0 Å². The van der Waals surface area contributed by atoms with E-state index in [0.717, 1.165) is 0 Å². The van der Waals surface area contributed by atoms with E-state index < -0.39 is 5.97 Å². The molecule has 1 aromatic heterocycles. The number of nitrogens with one attached hydrogen (secondary N) is 1. The highest BCUT2D eigenvalue weighted by Crippen LogP contribution is 2.18. The smallest absolute Gasteiger partial charge is 0.355 e. The van der Waals surface area contributed by atoms with Crippen LogP contribution in [0.15, 0.2) is 5.38 Å². The van der Waals surface area contributed by atoms with Crippen LogP contribution in [-0.2, 0) is 9.53 Å². The lowest BCUT2D eigenvalue weighted by Gasteiger charge is -2.20. The summed E-state index contributed by atoms with van der Waals surface area (Å²) in [6, 6.07) is -0.339. The molecule has 6 nitrogen and oxygen atoms in total. The fourth-order valence-corrected chi connectivity index (χ4v) is 2.01. The zero-order valence-corrected chi connectivity index (χ0v) is 12.2. The highest BCUT2D eigenvalue weighted by atomic mass is 32.1. The number of rotatable bonds is 5. The Hall–Kier alpha value is -1.47. The standard InChI is InChI=1S/C12H18N2O4S/c1-7(10-14-8(6-19-10)11(16)17)13-9(15)5-18-12(2,3)4/h6-7H,5H2,1-4H3,(H,13,15)(H,16,17). The number of ether oxygens (including phenoxy) is 1. The average molecular weight is 286 g/mol. The predicted octanol–water partition coefficient (Wildman–Crippen LogP) is 1.83. The first kappa shape index (κ1) is 15.6. The zero-order chi connectivity index (χ0) is 14.6. The number of nitrogens with zero attached hydrogens (tertiary/aromatic N) is 1. The van der Waals surface area contributed by atoms with Gasteiger partial charge in [-0.1, -0.05) is 0 Å². The first-order valence-corrected chi connectivity index (χ1v) is 6.69. The van der Waals surface area contributed by atoms with E-state index in [1.165, 1.54) is 16.7 Å². The van der Waals surface area contributed by atoms with Crippen molar-refractivity contribution < 1.29 is 19.4 Å². The lowest BCUT2D eigenvalue weighted by atomic mass is 10.2. The molecule has 1 unspecified atom stereocenters. The van der Waals surface area contributed by atoms with Crippen molar-refractivity contribution in [1.29, 1.82) is 0 Å². The molecule has 0 saturated carbocycles. The first-order chi connectivity index (χ1) is 8.69. The second kappa shape index (κ2) is 6.12. The minimum atomic E-state index is -1.07. The van der Waals surface area contributed by atoms with Gasteiger partial charge in [0, 0.05) is 5.38 Å². The van der Waals surface area contributed by atoms with Gasteiger partial charge in [-0.3, -0.25) is 4.79 Å². The molecule has 0 aliphatic rings. The van der Waals surface area contributed by atoms with Gasteiger partial charge in [0.1, 0.15) is 11.6 Å². The van der Waals surface area contributed by atoms with Gasteiger partial charge in [0.2, 0.25) is 5.91 Å². The number of carbonyl (C=O) groups is 2. The van der Waals surface area contributed by atoms with Crippen molar-refractivity contribution in [2.75, 3.05) is 6.61 Å². The summed E-state index contributed by atoms with van der Waals surface area (Å²) in [4.78, 5) is 26.3. The lowest BCUT2D eigenvalue weighted by molar-refractivity contribution is -0.131. The molecule has 1 heterocycles. The predicted molar refractivity (Wildman–Crippen MR) is 71.3 cm³/mol. The summed E-state index contributed by atoms with van der Waals surface area (Å²) in [7, 11) is 0. The van der Waals surface area contributed by atoms with Crippen molar-refractivity contribution in [3.05, 3.63) is 16.1 Å². The summed E-state index contributed by atoms with van der Waals surface area (Å²) in [6.45, 7) is 7.31. The van der Waals surface area contributed by atoms with Gasteiger partial charge in [-0.25, -0.2) is 9.78 Å². The Morgan fingerprint density at radius 3 is 2.63 bits per heavy atom. The molecule has 1 rings (SSSR count). The van der Waals surface area contributed by atoms with Gasteiger partial charge in [-0.05, 0) is 27.7 Å². The molecule has 2 N–H and O–H groups in total. The topological polar surface area (TPSA) is 88.5 Å². The van der Waals surface area contributed by atoms with Gasteiger partial charge in [-0.15, -0.1) is 11.3 Å². The number of carboxylic acid groups (broad SMARTS) is 1. The van der Waals surface area contributed by atoms with E-state index >= 15 is 0 Å². The van der Waals surface area contributed by atoms with Crippen LogP contribution in [0.5, 0.6) is 0 Å². The van der Waals surface area contributed by atoms with Crippen LogP contribution < -0.4 is 5.32 Å². The van der Waals surface area contributed by atoms with Crippen molar-refractivity contribution in [2.45, 2.75) is 39.3 Å². The van der Waals surface area contributed by atoms with E-state index in [-0.39, 0.29) is 29.9 Å². The van der Waals surface area contributed by atoms with Crippen molar-refractivity contribution in [2.24, 2.45) is 0 Å². The van der Waals surface area contributed by atoms with Crippen molar-refractivity contribution in [3.63, 3.8) is 0 Å². The van der Waals surface area contributed by atoms with Gasteiger partial charge in [0.15, 0.2) is 5.69 Å². The number of thiazole rings is 1. The van der Waals surface area contributed by atoms with Crippen molar-refractivity contribution in [1.82, 2.24) is 10.3 Å². The van der Waals surface area contributed by atoms with Crippen LogP contribution in [0, 0.1) is 0 Å². The summed E-state index contributed by atoms with van der Waals surface area (Å²) in [5, 5.41) is 13.5. The number of hydrogen-bond acceptors (Lipinski definition) is 5. The first-order valence-electron chi connectivity index (χ1n) is 5.81. The molecule has 0 fully saturated rings. The van der Waals surface area contributed by atoms with Crippen LogP contribution in [-0.4, -0.2) is 34.2 Å². The number of carbonyl (C=O) groups excluding carboxylic acids is 1. The van der Waals surface area contributed by atoms with E-state index in [4.69, 9.17) is 9.84 Å². The number of amides is 1. The molecule has 7 heteroatoms. The Kier molecular flexibility index (Phi) is 5.02. The lowest BCUT2D eigenvalue weighted by Crippen LogP contribution is -2.33. The number of aromatic carboxylic acids is 1. The van der Waals surface area contributed by atoms with Gasteiger partial charge < -0.3 is 15.2 Å². The highest BCUT2D eigenvalue weighted by molar-refractivity contribution is 7.09. The second-order valence-electron chi connectivity index (χ2n) is 5.07. The summed E-state index contributed by atoms with van der Waals surface area (Å²) in [5.74, 6) is -1.33. The third-order valence-corrected chi connectivity index (χ3v) is 3.15. The van der Waals surface area contributed by atoms with Gasteiger partial charge in [0.25, 0.3) is 0 Å². The van der Waals surface area contributed by atoms with E-state index in [0.29, 0.717) is 5.01 Å². The minimum absolute atomic E-state index is 0.00737. The molecule has 1 amide bonds. The van der Waals surface area contributed by atoms with E-state index in [1.54, 1.807) is 6.92 Å². The molecule has 19 heavy (non-hydrogen) atoms. The van der Waals surface area contributed by atoms with Crippen LogP contribution in [0.1, 0.15) is 49.2 Å². The van der Waals surface area contributed by atoms with Crippen molar-refractivity contribution in [3.8, 4) is 0 Å². The molecule has 0 saturated heterocycles. The molecule has 1 aromatic rings. The van der Waals surface area contributed by atoms with Crippen LogP contribution >= 0.6 is 11.3 Å². The maximum Gasteiger partial charge on any atom is 0.355 e. The number of hydrogen-bond donors (Lipinski definition) is 2. The molecule has 106 valence electrons. The molecule has 0 radical (unpaired) electrons. The van der Waals surface area contributed by atoms with Gasteiger partial charge >= 0.3 is 5.97 Å². The maximum absolute atomic E-state index is 11.6. The SMILES string of the molecule is CC(NC(=O)COC(C)(C)C)c1nc(C(=O)O)cs1. The largest absolute Gasteiger partial charge is 0.476 e. The van der Waals surface area contributed by atoms with E-state index in [1.807, 2.05) is 20.8 Å². The molecule has 0 aliphatic heterocycles. The Balaban J connectivity index is 2.51. The fourth-order valence-electron chi connectivity index (χ4n) is 1.21. The Labute approximate surface area is 115 Å². The van der Waals surface area contributed by atoms with Crippen molar-refractivity contribution >= 4 is 23.2 Å². The van der Waals surface area contributed by atoms with Crippen LogP contribution in [0.2, 0.25) is 0 Å². The summed E-state index contributed by atoms with van der Waals surface area (Å²) >= 11 is 1.20. The summed E-state index contributed by atoms with van der Waals surface area (Å²) < 4.78 is 5.35. The average Bonchev–Trinajstić information content (AvgIpc) is 2.74. The van der Waals surface area contributed by atoms with Crippen LogP contribution in [0.3, 0.4) is 0 Å². The molecule has 0 aliphatic carbocycles. The monoisotopic (exact) mass is 286 g/mol. The third kappa shape index (κ3) is 5.35. The molecule has 1 atom stereocenters. The molecule has 0 spiro atoms. The summed E-state index contributed by atoms with van der Waals surface area (Å²) in [6.07, 6.45) is 0. The highest BCUT2D eigenvalue weighted by Gasteiger charge is 2.17. The number of aromatic nitrogens is 1. The molecule has 0 bridgehead atoms. The summed E-state index contributed by atoms with van der Waals surface area (Å²) in [5.41, 5.74) is -0.384. The molecular formula is C12H18N2O4S. The van der Waals surface area contributed by atoms with Gasteiger partial charge in [0.05, 0.1) is 11.6 Å². The second-order valence-corrected chi connectivity index (χ2v) is 5.96. The van der Waals surface area contributed by atoms with Crippen LogP contribution in [0.4, 0.5) is 0 Å². The fraction of sp³-hybridized carbons (Fsp3) is 0.583. The van der Waals surface area contributed by atoms with Crippen LogP contribution in [0.25, 0.3) is 0 Å². The van der Waals surface area contributed by atoms with E-state index in [9.17, 15) is 9.59 Å². The van der Waals surface area contributed by atoms with E-state index in [2.05, 4.69) is 10.3 Å². The third-order valence-electron chi connectivity index (χ3n) is 2.13. The Morgan fingerprint density at radius 2 is 2.16 bits per heavy atom.